The maximum absolute atomic E-state index is 11.9. The zero-order valence-electron chi connectivity index (χ0n) is 9.28. The maximum Gasteiger partial charge on any atom is 0.239 e. The highest BCUT2D eigenvalue weighted by Gasteiger charge is 2.11. The van der Waals surface area contributed by atoms with Gasteiger partial charge < -0.3 is 0 Å². The normalized spacial score (nSPS) is 9.44. The van der Waals surface area contributed by atoms with Crippen LogP contribution in [0.1, 0.15) is 15.9 Å². The topological polar surface area (TPSA) is 17.1 Å². The van der Waals surface area contributed by atoms with E-state index in [-0.39, 0.29) is 11.3 Å². The predicted octanol–water partition coefficient (Wildman–Crippen LogP) is 4.23. The molecular weight excluding hydrogens is 267 g/mol. The molecule has 0 atom stereocenters. The summed E-state index contributed by atoms with van der Waals surface area (Å²) in [5, 5.41) is 0.629. The van der Waals surface area contributed by atoms with E-state index in [1.165, 1.54) is 0 Å². The van der Waals surface area contributed by atoms with Crippen LogP contribution in [0.5, 0.6) is 0 Å². The monoisotopic (exact) mass is 274 g/mol. The van der Waals surface area contributed by atoms with Gasteiger partial charge in [0.2, 0.25) is 5.78 Å². The van der Waals surface area contributed by atoms with E-state index >= 15 is 0 Å². The lowest BCUT2D eigenvalue weighted by Crippen LogP contribution is -1.97. The second-order valence-corrected chi connectivity index (χ2v) is 4.36. The van der Waals surface area contributed by atoms with Gasteiger partial charge in [-0.25, -0.2) is 0 Å². The first kappa shape index (κ1) is 12.7. The van der Waals surface area contributed by atoms with E-state index in [1.54, 1.807) is 18.2 Å². The Morgan fingerprint density at radius 3 is 2.11 bits per heavy atom. The summed E-state index contributed by atoms with van der Waals surface area (Å²) in [6.45, 7) is 0. The lowest BCUT2D eigenvalue weighted by molar-refractivity contribution is 0.105. The fourth-order valence-electron chi connectivity index (χ4n) is 1.43. The predicted molar refractivity (Wildman–Crippen MR) is 74.1 cm³/mol. The van der Waals surface area contributed by atoms with Gasteiger partial charge in [-0.2, -0.15) is 0 Å². The van der Waals surface area contributed by atoms with Crippen molar-refractivity contribution in [1.82, 2.24) is 0 Å². The highest BCUT2D eigenvalue weighted by atomic mass is 35.5. The molecule has 0 aromatic heterocycles. The molecule has 18 heavy (non-hydrogen) atoms. The van der Waals surface area contributed by atoms with Crippen LogP contribution < -0.4 is 0 Å². The fourth-order valence-corrected chi connectivity index (χ4v) is 2.00. The molecule has 0 aliphatic rings. The second-order valence-electron chi connectivity index (χ2n) is 3.54. The van der Waals surface area contributed by atoms with E-state index < -0.39 is 0 Å². The van der Waals surface area contributed by atoms with Crippen molar-refractivity contribution < 1.29 is 4.79 Å². The molecule has 2 aromatic carbocycles. The fraction of sp³-hybridized carbons (Fsp3) is 0. The highest BCUT2D eigenvalue weighted by Crippen LogP contribution is 2.24. The molecule has 88 valence electrons. The smallest absolute Gasteiger partial charge is 0.239 e. The minimum absolute atomic E-state index is 0.254. The van der Waals surface area contributed by atoms with Crippen LogP contribution in [-0.2, 0) is 0 Å². The van der Waals surface area contributed by atoms with Crippen LogP contribution in [-0.4, -0.2) is 5.78 Å². The summed E-state index contributed by atoms with van der Waals surface area (Å²) in [6.07, 6.45) is 0. The molecule has 0 unspecified atom stereocenters. The Bertz CT molecular complexity index is 616. The summed E-state index contributed by atoms with van der Waals surface area (Å²) in [7, 11) is 0. The Hall–Kier alpha value is -1.75. The number of carbonyl (C=O) groups is 1. The van der Waals surface area contributed by atoms with Crippen molar-refractivity contribution in [3.63, 3.8) is 0 Å². The van der Waals surface area contributed by atoms with Crippen molar-refractivity contribution in [3.05, 3.63) is 69.7 Å². The number of halogens is 2. The van der Waals surface area contributed by atoms with E-state index in [4.69, 9.17) is 23.2 Å². The summed E-state index contributed by atoms with van der Waals surface area (Å²) in [4.78, 5) is 11.9. The first-order chi connectivity index (χ1) is 8.68. The third-order valence-electron chi connectivity index (χ3n) is 2.28. The van der Waals surface area contributed by atoms with Gasteiger partial charge in [-0.15, -0.1) is 0 Å². The molecule has 1 nitrogen and oxygen atoms in total. The van der Waals surface area contributed by atoms with Crippen molar-refractivity contribution in [2.75, 3.05) is 0 Å². The summed E-state index contributed by atoms with van der Waals surface area (Å²) < 4.78 is 0. The summed E-state index contributed by atoms with van der Waals surface area (Å²) in [5.74, 6) is 4.94. The number of benzene rings is 2. The quantitative estimate of drug-likeness (QED) is 0.562. The number of ketones is 1. The summed E-state index contributed by atoms with van der Waals surface area (Å²) >= 11 is 11.9. The van der Waals surface area contributed by atoms with Gasteiger partial charge in [0.15, 0.2) is 0 Å². The van der Waals surface area contributed by atoms with Gasteiger partial charge in [0.1, 0.15) is 0 Å². The number of hydrogen-bond donors (Lipinski definition) is 0. The minimum Gasteiger partial charge on any atom is -0.279 e. The van der Waals surface area contributed by atoms with Crippen molar-refractivity contribution in [3.8, 4) is 11.8 Å². The average molecular weight is 275 g/mol. The van der Waals surface area contributed by atoms with Crippen LogP contribution in [0.4, 0.5) is 0 Å². The average Bonchev–Trinajstić information content (AvgIpc) is 2.37. The van der Waals surface area contributed by atoms with Gasteiger partial charge in [0.05, 0.1) is 15.6 Å². The molecule has 0 aliphatic carbocycles. The van der Waals surface area contributed by atoms with Crippen LogP contribution >= 0.6 is 23.2 Å². The maximum atomic E-state index is 11.9. The zero-order chi connectivity index (χ0) is 13.0. The number of carbonyl (C=O) groups excluding carboxylic acids is 1. The van der Waals surface area contributed by atoms with Gasteiger partial charge in [-0.3, -0.25) is 4.79 Å². The molecule has 0 spiro atoms. The van der Waals surface area contributed by atoms with E-state index in [2.05, 4.69) is 11.8 Å². The van der Waals surface area contributed by atoms with Gasteiger partial charge in [0, 0.05) is 5.56 Å². The SMILES string of the molecule is O=C(C#Cc1ccccc1)c1c(Cl)cccc1Cl. The molecular formula is C15H8Cl2O. The third kappa shape index (κ3) is 2.92. The van der Waals surface area contributed by atoms with Gasteiger partial charge in [-0.05, 0) is 30.2 Å². The van der Waals surface area contributed by atoms with Crippen LogP contribution in [0, 0.1) is 11.8 Å². The van der Waals surface area contributed by atoms with E-state index in [1.807, 2.05) is 30.3 Å². The molecule has 0 heterocycles. The van der Waals surface area contributed by atoms with Gasteiger partial charge in [-0.1, -0.05) is 53.4 Å². The lowest BCUT2D eigenvalue weighted by atomic mass is 10.1. The Kier molecular flexibility index (Phi) is 4.04. The first-order valence-electron chi connectivity index (χ1n) is 5.24. The molecule has 0 radical (unpaired) electrons. The van der Waals surface area contributed by atoms with Crippen LogP contribution in [0.3, 0.4) is 0 Å². The molecule has 0 fully saturated rings. The highest BCUT2D eigenvalue weighted by molar-refractivity contribution is 6.41. The molecule has 0 amide bonds. The molecule has 0 N–H and O–H groups in total. The van der Waals surface area contributed by atoms with E-state index in [0.29, 0.717) is 10.0 Å². The van der Waals surface area contributed by atoms with Gasteiger partial charge >= 0.3 is 0 Å². The molecule has 3 heteroatoms. The van der Waals surface area contributed by atoms with Crippen LogP contribution in [0.2, 0.25) is 10.0 Å². The standard InChI is InChI=1S/C15H8Cl2O/c16-12-7-4-8-13(17)15(12)14(18)10-9-11-5-2-1-3-6-11/h1-8H. The summed E-state index contributed by atoms with van der Waals surface area (Å²) in [5.41, 5.74) is 1.03. The molecule has 0 saturated carbocycles. The van der Waals surface area contributed by atoms with Gasteiger partial charge in [0.25, 0.3) is 0 Å². The zero-order valence-corrected chi connectivity index (χ0v) is 10.8. The number of hydrogen-bond acceptors (Lipinski definition) is 1. The molecule has 2 aromatic rings. The van der Waals surface area contributed by atoms with E-state index in [0.717, 1.165) is 5.56 Å². The third-order valence-corrected chi connectivity index (χ3v) is 2.91. The Labute approximate surface area is 115 Å². The van der Waals surface area contributed by atoms with Crippen LogP contribution in [0.15, 0.2) is 48.5 Å². The summed E-state index contributed by atoms with van der Waals surface area (Å²) in [6, 6.07) is 14.2. The Morgan fingerprint density at radius 2 is 1.50 bits per heavy atom. The number of rotatable bonds is 1. The molecule has 0 saturated heterocycles. The minimum atomic E-state index is -0.380. The van der Waals surface area contributed by atoms with Crippen molar-refractivity contribution >= 4 is 29.0 Å². The van der Waals surface area contributed by atoms with E-state index in [9.17, 15) is 4.79 Å². The first-order valence-corrected chi connectivity index (χ1v) is 5.99. The number of Topliss-reactive ketones (excluding diaryl/α,β-unsaturated/α-hetero) is 1. The largest absolute Gasteiger partial charge is 0.279 e. The van der Waals surface area contributed by atoms with Crippen molar-refractivity contribution in [1.29, 1.82) is 0 Å². The van der Waals surface area contributed by atoms with Crippen LogP contribution in [0.25, 0.3) is 0 Å². The molecule has 0 bridgehead atoms. The lowest BCUT2D eigenvalue weighted by Gasteiger charge is -2.00. The Balaban J connectivity index is 2.32. The van der Waals surface area contributed by atoms with Crippen molar-refractivity contribution in [2.24, 2.45) is 0 Å². The second kappa shape index (κ2) is 5.73. The Morgan fingerprint density at radius 1 is 0.889 bits per heavy atom. The molecule has 2 rings (SSSR count). The molecule has 0 aliphatic heterocycles. The van der Waals surface area contributed by atoms with Crippen molar-refractivity contribution in [2.45, 2.75) is 0 Å².